The van der Waals surface area contributed by atoms with Crippen LogP contribution in [-0.2, 0) is 18.0 Å². The highest BCUT2D eigenvalue weighted by molar-refractivity contribution is 5.76. The monoisotopic (exact) mass is 402 g/mol. The molecular weight excluding hydrogens is 380 g/mol. The number of methoxy groups -OCH3 is 2. The smallest absolute Gasteiger partial charge is 0.258 e. The number of ether oxygens (including phenoxy) is 2. The molecular formula is C24H22N2O4. The number of para-hydroxylation sites is 1. The van der Waals surface area contributed by atoms with Crippen molar-refractivity contribution in [2.75, 3.05) is 14.2 Å². The molecule has 0 spiro atoms. The Kier molecular flexibility index (Phi) is 5.88. The summed E-state index contributed by atoms with van der Waals surface area (Å²) in [5.41, 5.74) is 5.39. The Morgan fingerprint density at radius 1 is 0.900 bits per heavy atom. The van der Waals surface area contributed by atoms with E-state index in [1.165, 1.54) is 0 Å². The van der Waals surface area contributed by atoms with Crippen molar-refractivity contribution in [3.63, 3.8) is 0 Å². The third kappa shape index (κ3) is 3.96. The highest BCUT2D eigenvalue weighted by Crippen LogP contribution is 2.35. The fourth-order valence-corrected chi connectivity index (χ4v) is 3.40. The normalized spacial score (nSPS) is 10.9. The lowest BCUT2D eigenvalue weighted by Crippen LogP contribution is -1.95. The lowest BCUT2D eigenvalue weighted by Gasteiger charge is -2.13. The number of hydrogen-bond donors (Lipinski definition) is 1. The van der Waals surface area contributed by atoms with E-state index in [1.54, 1.807) is 14.2 Å². The van der Waals surface area contributed by atoms with E-state index in [-0.39, 0.29) is 6.61 Å². The van der Waals surface area contributed by atoms with Crippen LogP contribution in [0.25, 0.3) is 34.0 Å². The van der Waals surface area contributed by atoms with Gasteiger partial charge < -0.3 is 19.1 Å². The summed E-state index contributed by atoms with van der Waals surface area (Å²) in [6.07, 6.45) is 0. The van der Waals surface area contributed by atoms with Gasteiger partial charge in [-0.2, -0.15) is 4.98 Å². The van der Waals surface area contributed by atoms with Crippen LogP contribution in [0, 0.1) is 0 Å². The zero-order chi connectivity index (χ0) is 20.9. The van der Waals surface area contributed by atoms with Crippen molar-refractivity contribution in [2.24, 2.45) is 0 Å². The molecule has 6 heteroatoms. The van der Waals surface area contributed by atoms with E-state index in [2.05, 4.69) is 10.1 Å². The summed E-state index contributed by atoms with van der Waals surface area (Å²) >= 11 is 0. The van der Waals surface area contributed by atoms with Crippen LogP contribution in [0.3, 0.4) is 0 Å². The second kappa shape index (κ2) is 8.90. The Labute approximate surface area is 174 Å². The molecule has 0 aliphatic carbocycles. The molecule has 3 aromatic carbocycles. The highest BCUT2D eigenvalue weighted by Gasteiger charge is 2.15. The van der Waals surface area contributed by atoms with Gasteiger partial charge in [-0.15, -0.1) is 0 Å². The molecule has 1 aromatic heterocycles. The zero-order valence-electron chi connectivity index (χ0n) is 16.8. The number of aliphatic hydroxyl groups excluding tert-OH is 1. The Bertz CT molecular complexity index is 1150. The van der Waals surface area contributed by atoms with Crippen LogP contribution in [0.5, 0.6) is 5.75 Å². The van der Waals surface area contributed by atoms with Crippen LogP contribution in [0.2, 0.25) is 0 Å². The Hall–Kier alpha value is -3.48. The van der Waals surface area contributed by atoms with Crippen molar-refractivity contribution >= 4 is 0 Å². The van der Waals surface area contributed by atoms with Crippen molar-refractivity contribution < 1.29 is 19.1 Å². The molecule has 0 saturated carbocycles. The van der Waals surface area contributed by atoms with Gasteiger partial charge in [0.1, 0.15) is 5.75 Å². The summed E-state index contributed by atoms with van der Waals surface area (Å²) in [6.45, 7) is 0.393. The average Bonchev–Trinajstić information content (AvgIpc) is 3.30. The van der Waals surface area contributed by atoms with Crippen molar-refractivity contribution in [1.29, 1.82) is 0 Å². The van der Waals surface area contributed by atoms with Gasteiger partial charge in [0.2, 0.25) is 5.82 Å². The summed E-state index contributed by atoms with van der Waals surface area (Å²) in [7, 11) is 3.33. The molecule has 1 N–H and O–H groups in total. The summed E-state index contributed by atoms with van der Waals surface area (Å²) < 4.78 is 16.5. The van der Waals surface area contributed by atoms with Gasteiger partial charge in [0.05, 0.1) is 20.3 Å². The predicted molar refractivity (Wildman–Crippen MR) is 114 cm³/mol. The molecule has 0 fully saturated rings. The number of benzene rings is 3. The maximum absolute atomic E-state index is 9.35. The van der Waals surface area contributed by atoms with E-state index >= 15 is 0 Å². The topological polar surface area (TPSA) is 77.6 Å². The lowest BCUT2D eigenvalue weighted by molar-refractivity contribution is 0.185. The predicted octanol–water partition coefficient (Wildman–Crippen LogP) is 4.72. The van der Waals surface area contributed by atoms with Crippen LogP contribution in [0.1, 0.15) is 11.1 Å². The molecule has 0 radical (unpaired) electrons. The van der Waals surface area contributed by atoms with Gasteiger partial charge in [-0.25, -0.2) is 0 Å². The Morgan fingerprint density at radius 3 is 2.57 bits per heavy atom. The minimum Gasteiger partial charge on any atom is -0.496 e. The van der Waals surface area contributed by atoms with E-state index in [0.717, 1.165) is 39.1 Å². The van der Waals surface area contributed by atoms with Crippen molar-refractivity contribution in [3.05, 3.63) is 77.9 Å². The molecule has 0 bridgehead atoms. The SMILES string of the molecule is COCc1cc(-c2nc(-c3cccc(CO)c3)no2)ccc1-c1ccccc1OC. The van der Waals surface area contributed by atoms with Crippen molar-refractivity contribution in [2.45, 2.75) is 13.2 Å². The van der Waals surface area contributed by atoms with Gasteiger partial charge in [-0.05, 0) is 41.0 Å². The number of hydrogen-bond acceptors (Lipinski definition) is 6. The van der Waals surface area contributed by atoms with Gasteiger partial charge in [-0.1, -0.05) is 47.6 Å². The summed E-state index contributed by atoms with van der Waals surface area (Å²) in [6, 6.07) is 21.3. The molecule has 0 aliphatic rings. The van der Waals surface area contributed by atoms with Crippen LogP contribution < -0.4 is 4.74 Å². The quantitative estimate of drug-likeness (QED) is 0.482. The standard InChI is InChI=1S/C24H22N2O4/c1-28-15-19-13-18(10-11-20(19)21-8-3-4-9-22(21)29-2)24-25-23(26-30-24)17-7-5-6-16(12-17)14-27/h3-13,27H,14-15H2,1-2H3. The van der Waals surface area contributed by atoms with E-state index in [0.29, 0.717) is 18.3 Å². The molecule has 0 atom stereocenters. The number of nitrogens with zero attached hydrogens (tertiary/aromatic N) is 2. The van der Waals surface area contributed by atoms with E-state index in [1.807, 2.05) is 66.7 Å². The number of rotatable bonds is 7. The van der Waals surface area contributed by atoms with Crippen molar-refractivity contribution in [3.8, 4) is 39.7 Å². The lowest BCUT2D eigenvalue weighted by atomic mass is 9.97. The maximum atomic E-state index is 9.35. The van der Waals surface area contributed by atoms with Crippen molar-refractivity contribution in [1.82, 2.24) is 10.1 Å². The zero-order valence-corrected chi connectivity index (χ0v) is 16.8. The largest absolute Gasteiger partial charge is 0.496 e. The molecule has 1 heterocycles. The molecule has 0 saturated heterocycles. The molecule has 30 heavy (non-hydrogen) atoms. The third-order valence-corrected chi connectivity index (χ3v) is 4.84. The first-order chi connectivity index (χ1) is 14.7. The van der Waals surface area contributed by atoms with Gasteiger partial charge >= 0.3 is 0 Å². The van der Waals surface area contributed by atoms with Crippen LogP contribution in [0.4, 0.5) is 0 Å². The molecule has 0 unspecified atom stereocenters. The average molecular weight is 402 g/mol. The summed E-state index contributed by atoms with van der Waals surface area (Å²) in [5.74, 6) is 1.69. The van der Waals surface area contributed by atoms with Crippen LogP contribution in [0.15, 0.2) is 71.3 Å². The first kappa shape index (κ1) is 19.8. The van der Waals surface area contributed by atoms with Crippen LogP contribution in [-0.4, -0.2) is 29.5 Å². The second-order valence-corrected chi connectivity index (χ2v) is 6.79. The van der Waals surface area contributed by atoms with E-state index in [9.17, 15) is 5.11 Å². The van der Waals surface area contributed by atoms with E-state index in [4.69, 9.17) is 14.0 Å². The summed E-state index contributed by atoms with van der Waals surface area (Å²) in [4.78, 5) is 4.54. The fraction of sp³-hybridized carbons (Fsp3) is 0.167. The summed E-state index contributed by atoms with van der Waals surface area (Å²) in [5, 5.41) is 13.4. The number of aliphatic hydroxyl groups is 1. The molecule has 6 nitrogen and oxygen atoms in total. The number of aromatic nitrogens is 2. The molecule has 152 valence electrons. The van der Waals surface area contributed by atoms with Gasteiger partial charge in [0, 0.05) is 23.8 Å². The molecule has 4 rings (SSSR count). The molecule has 4 aromatic rings. The van der Waals surface area contributed by atoms with Gasteiger partial charge in [0.15, 0.2) is 0 Å². The molecule has 0 aliphatic heterocycles. The second-order valence-electron chi connectivity index (χ2n) is 6.79. The van der Waals surface area contributed by atoms with E-state index < -0.39 is 0 Å². The minimum absolute atomic E-state index is 0.0384. The first-order valence-corrected chi connectivity index (χ1v) is 9.53. The Balaban J connectivity index is 1.72. The first-order valence-electron chi connectivity index (χ1n) is 9.53. The third-order valence-electron chi connectivity index (χ3n) is 4.84. The minimum atomic E-state index is -0.0384. The highest BCUT2D eigenvalue weighted by atomic mass is 16.5. The molecule has 0 amide bonds. The van der Waals surface area contributed by atoms with Crippen LogP contribution >= 0.6 is 0 Å². The van der Waals surface area contributed by atoms with Gasteiger partial charge in [-0.3, -0.25) is 0 Å². The fourth-order valence-electron chi connectivity index (χ4n) is 3.40. The maximum Gasteiger partial charge on any atom is 0.258 e. The Morgan fingerprint density at radius 2 is 1.77 bits per heavy atom. The van der Waals surface area contributed by atoms with Gasteiger partial charge in [0.25, 0.3) is 5.89 Å².